The second-order valence-electron chi connectivity index (χ2n) is 5.71. The van der Waals surface area contributed by atoms with Crippen LogP contribution in [0.1, 0.15) is 27.9 Å². The molecule has 0 saturated carbocycles. The normalized spacial score (nSPS) is 21.4. The minimum atomic E-state index is -2.99. The van der Waals surface area contributed by atoms with E-state index in [0.717, 1.165) is 19.5 Å². The highest BCUT2D eigenvalue weighted by Gasteiger charge is 2.24. The highest BCUT2D eigenvalue weighted by atomic mass is 32.2. The molecule has 1 aromatic carbocycles. The zero-order valence-electron chi connectivity index (χ0n) is 12.0. The van der Waals surface area contributed by atoms with E-state index in [-0.39, 0.29) is 17.4 Å². The maximum Gasteiger partial charge on any atom is 0.253 e. The van der Waals surface area contributed by atoms with Crippen molar-refractivity contribution in [3.05, 3.63) is 34.9 Å². The van der Waals surface area contributed by atoms with Crippen LogP contribution in [-0.2, 0) is 22.8 Å². The summed E-state index contributed by atoms with van der Waals surface area (Å²) in [4.78, 5) is 14.2. The predicted octanol–water partition coefficient (Wildman–Crippen LogP) is 0.593. The molecule has 0 aliphatic carbocycles. The van der Waals surface area contributed by atoms with Gasteiger partial charge in [0.1, 0.15) is 0 Å². The first-order chi connectivity index (χ1) is 10.1. The van der Waals surface area contributed by atoms with Crippen LogP contribution in [0.25, 0.3) is 0 Å². The Bertz CT molecular complexity index is 655. The Kier molecular flexibility index (Phi) is 3.99. The second kappa shape index (κ2) is 5.77. The third-order valence-corrected chi connectivity index (χ3v) is 5.90. The maximum atomic E-state index is 12.6. The molecule has 0 atom stereocenters. The van der Waals surface area contributed by atoms with Gasteiger partial charge in [-0.3, -0.25) is 4.79 Å². The Morgan fingerprint density at radius 3 is 2.86 bits per heavy atom. The second-order valence-corrected chi connectivity index (χ2v) is 8.01. The first-order valence-corrected chi connectivity index (χ1v) is 9.19. The lowest BCUT2D eigenvalue weighted by atomic mass is 9.98. The minimum Gasteiger partial charge on any atom is -0.338 e. The van der Waals surface area contributed by atoms with Gasteiger partial charge in [0.25, 0.3) is 5.91 Å². The molecule has 0 radical (unpaired) electrons. The van der Waals surface area contributed by atoms with Crippen molar-refractivity contribution in [2.24, 2.45) is 0 Å². The van der Waals surface area contributed by atoms with Gasteiger partial charge in [-0.05, 0) is 42.6 Å². The summed E-state index contributed by atoms with van der Waals surface area (Å²) in [6.07, 6.45) is 1.52. The molecule has 0 bridgehead atoms. The van der Waals surface area contributed by atoms with Crippen LogP contribution >= 0.6 is 0 Å². The molecular formula is C15H20N2O3S. The van der Waals surface area contributed by atoms with Crippen LogP contribution in [-0.4, -0.2) is 50.4 Å². The van der Waals surface area contributed by atoms with Gasteiger partial charge in [0.15, 0.2) is 9.84 Å². The fraction of sp³-hybridized carbons (Fsp3) is 0.533. The molecule has 0 unspecified atom stereocenters. The average molecular weight is 308 g/mol. The van der Waals surface area contributed by atoms with Crippen molar-refractivity contribution in [1.82, 2.24) is 10.2 Å². The third-order valence-electron chi connectivity index (χ3n) is 4.18. The van der Waals surface area contributed by atoms with Crippen LogP contribution in [0.5, 0.6) is 0 Å². The molecule has 1 N–H and O–H groups in total. The number of carbonyl (C=O) groups is 1. The molecule has 1 saturated heterocycles. The van der Waals surface area contributed by atoms with E-state index in [0.29, 0.717) is 25.1 Å². The minimum absolute atomic E-state index is 0.0551. The predicted molar refractivity (Wildman–Crippen MR) is 81.0 cm³/mol. The van der Waals surface area contributed by atoms with Crippen LogP contribution in [0.3, 0.4) is 0 Å². The monoisotopic (exact) mass is 308 g/mol. The van der Waals surface area contributed by atoms with Crippen molar-refractivity contribution >= 4 is 15.7 Å². The van der Waals surface area contributed by atoms with Crippen LogP contribution < -0.4 is 5.32 Å². The number of hydrogen-bond donors (Lipinski definition) is 1. The van der Waals surface area contributed by atoms with Gasteiger partial charge in [0.05, 0.1) is 11.5 Å². The van der Waals surface area contributed by atoms with Gasteiger partial charge in [0.2, 0.25) is 0 Å². The molecule has 21 heavy (non-hydrogen) atoms. The Morgan fingerprint density at radius 2 is 2.00 bits per heavy atom. The Morgan fingerprint density at radius 1 is 1.14 bits per heavy atom. The van der Waals surface area contributed by atoms with E-state index in [1.807, 2.05) is 18.2 Å². The van der Waals surface area contributed by atoms with E-state index < -0.39 is 9.84 Å². The summed E-state index contributed by atoms with van der Waals surface area (Å²) >= 11 is 0. The molecule has 0 spiro atoms. The molecule has 114 valence electrons. The molecular weight excluding hydrogens is 288 g/mol. The standard InChI is InChI=1S/C15H20N2O3S/c18-15(17-6-1-8-21(19,20)9-7-17)13-3-2-12-4-5-16-11-14(12)10-13/h2-3,10,16H,1,4-9,11H2. The number of nitrogens with one attached hydrogen (secondary N) is 1. The molecule has 2 aliphatic rings. The SMILES string of the molecule is O=C(c1ccc2c(c1)CNCC2)N1CCCS(=O)(=O)CC1. The van der Waals surface area contributed by atoms with E-state index in [9.17, 15) is 13.2 Å². The van der Waals surface area contributed by atoms with Gasteiger partial charge in [-0.2, -0.15) is 0 Å². The third kappa shape index (κ3) is 3.27. The molecule has 3 rings (SSSR count). The van der Waals surface area contributed by atoms with Crippen LogP contribution in [0.2, 0.25) is 0 Å². The first-order valence-electron chi connectivity index (χ1n) is 7.37. The van der Waals surface area contributed by atoms with Crippen molar-refractivity contribution in [2.45, 2.75) is 19.4 Å². The Labute approximate surface area is 125 Å². The summed E-state index contributed by atoms with van der Waals surface area (Å²) in [5.41, 5.74) is 3.13. The number of benzene rings is 1. The summed E-state index contributed by atoms with van der Waals surface area (Å²) in [7, 11) is -2.99. The lowest BCUT2D eigenvalue weighted by molar-refractivity contribution is 0.0768. The molecule has 1 fully saturated rings. The molecule has 2 aliphatic heterocycles. The first kappa shape index (κ1) is 14.5. The van der Waals surface area contributed by atoms with Gasteiger partial charge in [0, 0.05) is 25.2 Å². The number of nitrogens with zero attached hydrogens (tertiary/aromatic N) is 1. The van der Waals surface area contributed by atoms with Gasteiger partial charge < -0.3 is 10.2 Å². The largest absolute Gasteiger partial charge is 0.338 e. The summed E-state index contributed by atoms with van der Waals surface area (Å²) in [5, 5.41) is 3.30. The van der Waals surface area contributed by atoms with Gasteiger partial charge in [-0.1, -0.05) is 6.07 Å². The smallest absolute Gasteiger partial charge is 0.253 e. The van der Waals surface area contributed by atoms with Gasteiger partial charge in [-0.15, -0.1) is 0 Å². The zero-order chi connectivity index (χ0) is 14.9. The van der Waals surface area contributed by atoms with Crippen LogP contribution in [0.4, 0.5) is 0 Å². The summed E-state index contributed by atoms with van der Waals surface area (Å²) < 4.78 is 23.2. The molecule has 6 heteroatoms. The van der Waals surface area contributed by atoms with Crippen molar-refractivity contribution < 1.29 is 13.2 Å². The highest BCUT2D eigenvalue weighted by Crippen LogP contribution is 2.18. The number of fused-ring (bicyclic) bond motifs is 1. The van der Waals surface area contributed by atoms with Crippen molar-refractivity contribution in [3.63, 3.8) is 0 Å². The molecule has 0 aromatic heterocycles. The van der Waals surface area contributed by atoms with Crippen molar-refractivity contribution in [2.75, 3.05) is 31.1 Å². The number of hydrogen-bond acceptors (Lipinski definition) is 4. The van der Waals surface area contributed by atoms with E-state index in [1.54, 1.807) is 4.90 Å². The molecule has 1 amide bonds. The number of amides is 1. The highest BCUT2D eigenvalue weighted by molar-refractivity contribution is 7.91. The fourth-order valence-electron chi connectivity index (χ4n) is 2.94. The average Bonchev–Trinajstić information content (AvgIpc) is 2.67. The fourth-order valence-corrected chi connectivity index (χ4v) is 4.21. The summed E-state index contributed by atoms with van der Waals surface area (Å²) in [6.45, 7) is 2.60. The Balaban J connectivity index is 1.78. The van der Waals surface area contributed by atoms with Crippen LogP contribution in [0, 0.1) is 0 Å². The molecule has 5 nitrogen and oxygen atoms in total. The summed E-state index contributed by atoms with van der Waals surface area (Å²) in [5.74, 6) is 0.205. The maximum absolute atomic E-state index is 12.6. The van der Waals surface area contributed by atoms with E-state index in [2.05, 4.69) is 5.32 Å². The Hall–Kier alpha value is -1.40. The molecule has 1 aromatic rings. The van der Waals surface area contributed by atoms with E-state index >= 15 is 0 Å². The summed E-state index contributed by atoms with van der Waals surface area (Å²) in [6, 6.07) is 5.84. The number of sulfone groups is 1. The quantitative estimate of drug-likeness (QED) is 0.825. The van der Waals surface area contributed by atoms with Crippen molar-refractivity contribution in [3.8, 4) is 0 Å². The molecule has 2 heterocycles. The topological polar surface area (TPSA) is 66.5 Å². The lowest BCUT2D eigenvalue weighted by Gasteiger charge is -2.22. The van der Waals surface area contributed by atoms with Gasteiger partial charge >= 0.3 is 0 Å². The number of carbonyl (C=O) groups excluding carboxylic acids is 1. The van der Waals surface area contributed by atoms with Gasteiger partial charge in [-0.25, -0.2) is 8.42 Å². The number of rotatable bonds is 1. The van der Waals surface area contributed by atoms with E-state index in [4.69, 9.17) is 0 Å². The lowest BCUT2D eigenvalue weighted by Crippen LogP contribution is -2.34. The van der Waals surface area contributed by atoms with E-state index in [1.165, 1.54) is 11.1 Å². The zero-order valence-corrected chi connectivity index (χ0v) is 12.8. The van der Waals surface area contributed by atoms with Crippen molar-refractivity contribution in [1.29, 1.82) is 0 Å². The van der Waals surface area contributed by atoms with Crippen LogP contribution in [0.15, 0.2) is 18.2 Å².